The second-order valence-electron chi connectivity index (χ2n) is 19.3. The number of phenols is 1. The van der Waals surface area contributed by atoms with Gasteiger partial charge in [0.15, 0.2) is 11.3 Å². The molecule has 2 saturated heterocycles. The minimum Gasteiger partial charge on any atom is -0.507 e. The van der Waals surface area contributed by atoms with E-state index in [1.165, 1.54) is 30.6 Å². The number of likely N-dealkylation sites (tertiary alicyclic amines) is 2. The third-order valence-electron chi connectivity index (χ3n) is 13.3. The molecule has 2 aliphatic rings. The van der Waals surface area contributed by atoms with Crippen molar-refractivity contribution in [3.8, 4) is 27.4 Å². The maximum Gasteiger partial charge on any atom is 0.246 e. The number of nitrogens with two attached hydrogens (primary N) is 1. The van der Waals surface area contributed by atoms with Crippen molar-refractivity contribution in [3.63, 3.8) is 0 Å². The fraction of sp³-hybridized carbons (Fsp3) is 0.540. The number of nitrogen functional groups attached to an aromatic ring is 1. The highest BCUT2D eigenvalue weighted by Crippen LogP contribution is 2.34. The molecule has 6 N–H and O–H groups in total. The first kappa shape index (κ1) is 48.5. The number of para-hydroxylation sites is 1. The molecule has 0 saturated carbocycles. The maximum absolute atomic E-state index is 14.1. The van der Waals surface area contributed by atoms with E-state index in [9.17, 15) is 24.6 Å². The van der Waals surface area contributed by atoms with Crippen molar-refractivity contribution in [1.29, 1.82) is 0 Å². The first-order valence-electron chi connectivity index (χ1n) is 23.8. The number of aromatic nitrogens is 5. The zero-order valence-corrected chi connectivity index (χ0v) is 40.0. The Morgan fingerprint density at radius 2 is 1.61 bits per heavy atom. The number of aromatic hydroxyl groups is 1. The quantitative estimate of drug-likeness (QED) is 0.0507. The lowest BCUT2D eigenvalue weighted by Crippen LogP contribution is -2.57. The summed E-state index contributed by atoms with van der Waals surface area (Å²) in [6.07, 6.45) is 10.2. The van der Waals surface area contributed by atoms with Gasteiger partial charge in [-0.25, -0.2) is 4.98 Å². The molecule has 16 heteroatoms. The number of phenolic OH excluding ortho intramolecular Hbond substituents is 1. The minimum atomic E-state index is -0.839. The molecule has 2 aliphatic heterocycles. The summed E-state index contributed by atoms with van der Waals surface area (Å²) in [6.45, 7) is 12.7. The molecule has 7 rings (SSSR count). The topological polar surface area (TPSA) is 205 Å². The molecule has 5 aromatic rings. The number of anilines is 1. The van der Waals surface area contributed by atoms with Crippen LogP contribution in [0.5, 0.6) is 5.75 Å². The summed E-state index contributed by atoms with van der Waals surface area (Å²) in [4.78, 5) is 50.4. The zero-order chi connectivity index (χ0) is 47.0. The van der Waals surface area contributed by atoms with Gasteiger partial charge in [-0.15, -0.1) is 21.5 Å². The van der Waals surface area contributed by atoms with Crippen molar-refractivity contribution in [2.45, 2.75) is 142 Å². The highest BCUT2D eigenvalue weighted by Gasteiger charge is 2.44. The number of amides is 3. The van der Waals surface area contributed by atoms with E-state index in [0.717, 1.165) is 85.4 Å². The Morgan fingerprint density at radius 3 is 2.27 bits per heavy atom. The molecule has 354 valence electrons. The molecular formula is C50H68N10O5S. The summed E-state index contributed by atoms with van der Waals surface area (Å²) < 4.78 is 2.01. The zero-order valence-electron chi connectivity index (χ0n) is 39.2. The number of nitrogens with zero attached hydrogens (tertiary/aromatic N) is 7. The first-order chi connectivity index (χ1) is 31.7. The van der Waals surface area contributed by atoms with Gasteiger partial charge in [-0.2, -0.15) is 5.10 Å². The van der Waals surface area contributed by atoms with Crippen LogP contribution in [0.3, 0.4) is 0 Å². The highest BCUT2D eigenvalue weighted by atomic mass is 32.1. The third kappa shape index (κ3) is 11.9. The summed E-state index contributed by atoms with van der Waals surface area (Å²) in [5, 5.41) is 40.4. The predicted molar refractivity (Wildman–Crippen MR) is 259 cm³/mol. The normalized spacial score (nSPS) is 18.1. The fourth-order valence-corrected chi connectivity index (χ4v) is 10.2. The molecule has 0 spiro atoms. The first-order valence-corrected chi connectivity index (χ1v) is 24.7. The van der Waals surface area contributed by atoms with Crippen molar-refractivity contribution in [1.82, 2.24) is 45.4 Å². The number of piperidine rings is 1. The van der Waals surface area contributed by atoms with E-state index >= 15 is 0 Å². The number of carbonyl (C=O) groups is 3. The molecule has 0 aliphatic carbocycles. The Balaban J connectivity index is 0.774. The van der Waals surface area contributed by atoms with Gasteiger partial charge in [0.05, 0.1) is 45.5 Å². The number of benzene rings is 2. The monoisotopic (exact) mass is 921 g/mol. The number of thiazole rings is 1. The number of carbonyl (C=O) groups excluding carboxylic acids is 3. The molecule has 5 heterocycles. The lowest BCUT2D eigenvalue weighted by molar-refractivity contribution is -0.144. The average molecular weight is 921 g/mol. The van der Waals surface area contributed by atoms with Gasteiger partial charge >= 0.3 is 0 Å². The van der Waals surface area contributed by atoms with E-state index in [-0.39, 0.29) is 48.5 Å². The second-order valence-corrected chi connectivity index (χ2v) is 20.2. The number of aliphatic hydroxyl groups excluding tert-OH is 1. The number of rotatable bonds is 19. The largest absolute Gasteiger partial charge is 0.507 e. The van der Waals surface area contributed by atoms with E-state index in [0.29, 0.717) is 29.0 Å². The van der Waals surface area contributed by atoms with Crippen LogP contribution >= 0.6 is 11.3 Å². The number of hydrogen-bond donors (Lipinski definition) is 5. The van der Waals surface area contributed by atoms with Crippen molar-refractivity contribution in [3.05, 3.63) is 71.4 Å². The summed E-state index contributed by atoms with van der Waals surface area (Å²) in [6, 6.07) is 15.3. The summed E-state index contributed by atoms with van der Waals surface area (Å²) in [5.41, 5.74) is 13.1. The Labute approximate surface area is 392 Å². The number of hydrogen-bond acceptors (Lipinski definition) is 12. The van der Waals surface area contributed by atoms with E-state index in [2.05, 4.69) is 35.8 Å². The lowest BCUT2D eigenvalue weighted by atomic mass is 9.85. The molecule has 0 radical (unpaired) electrons. The van der Waals surface area contributed by atoms with Crippen LogP contribution in [0, 0.1) is 12.3 Å². The summed E-state index contributed by atoms with van der Waals surface area (Å²) in [7, 11) is 0. The number of aryl methyl sites for hydroxylation is 1. The van der Waals surface area contributed by atoms with Crippen molar-refractivity contribution in [2.24, 2.45) is 5.41 Å². The number of β-amino-alcohol motifs (C(OH)–C–C–N with tert-alkyl or cyclic N) is 1. The standard InChI is InChI=1S/C50H68N10O5S/c1-32(34-19-21-35(22-20-34)45-33(2)52-31-66-45)53-48(64)41-28-37(61)30-59(41)49(65)46(50(3,4)5)54-43(63)18-12-10-8-6-7-9-11-15-25-58-26-23-36(24-27-58)60-40-29-39(38-16-13-14-17-42(38)62)55-56-44(40)47(51)57-60/h13-14,16-17,19-22,29,31-32,36-37,41,46,61-62H,6-12,15,18,23-28,30H2,1-5H3,(H2,51,57)(H,53,64)(H,54,63)/t32-,37+,41-,46+/m0/s1. The maximum atomic E-state index is 14.1. The number of fused-ring (bicyclic) bond motifs is 1. The van der Waals surface area contributed by atoms with Gasteiger partial charge in [0.1, 0.15) is 17.8 Å². The number of aliphatic hydroxyl groups is 1. The highest BCUT2D eigenvalue weighted by molar-refractivity contribution is 7.13. The number of nitrogens with one attached hydrogen (secondary N) is 2. The van der Waals surface area contributed by atoms with Crippen LogP contribution in [0.15, 0.2) is 60.1 Å². The van der Waals surface area contributed by atoms with Crippen LogP contribution in [0.2, 0.25) is 0 Å². The van der Waals surface area contributed by atoms with Crippen molar-refractivity contribution < 1.29 is 24.6 Å². The van der Waals surface area contributed by atoms with Crippen molar-refractivity contribution >= 4 is 45.9 Å². The van der Waals surface area contributed by atoms with Crippen LogP contribution in [0.25, 0.3) is 32.7 Å². The van der Waals surface area contributed by atoms with Gasteiger partial charge in [-0.1, -0.05) is 95.7 Å². The van der Waals surface area contributed by atoms with Crippen LogP contribution in [-0.4, -0.2) is 107 Å². The van der Waals surface area contributed by atoms with Gasteiger partial charge < -0.3 is 36.4 Å². The van der Waals surface area contributed by atoms with E-state index in [1.807, 2.05) is 87.3 Å². The van der Waals surface area contributed by atoms with E-state index in [4.69, 9.17) is 5.73 Å². The Bertz CT molecular complexity index is 2420. The van der Waals surface area contributed by atoms with E-state index in [1.54, 1.807) is 23.5 Å². The van der Waals surface area contributed by atoms with Gasteiger partial charge in [-0.3, -0.25) is 19.1 Å². The van der Waals surface area contributed by atoms with Crippen LogP contribution < -0.4 is 16.4 Å². The van der Waals surface area contributed by atoms with Crippen LogP contribution in [0.1, 0.15) is 128 Å². The van der Waals surface area contributed by atoms with Crippen LogP contribution in [-0.2, 0) is 14.4 Å². The molecule has 3 amide bonds. The molecule has 0 bridgehead atoms. The van der Waals surface area contributed by atoms with Gasteiger partial charge in [0.25, 0.3) is 0 Å². The SMILES string of the molecule is Cc1ncsc1-c1ccc([C@H](C)NC(=O)[C@@H]2C[C@@H](O)CN2C(=O)[C@@H](NC(=O)CCCCCCCCCCN2CCC(n3nc(N)c4nnc(-c5ccccc5O)cc43)CC2)C(C)(C)C)cc1. The molecule has 2 aromatic carbocycles. The summed E-state index contributed by atoms with van der Waals surface area (Å²) in [5.74, 6) is -0.313. The fourth-order valence-electron chi connectivity index (χ4n) is 9.37. The minimum absolute atomic E-state index is 0.0396. The van der Waals surface area contributed by atoms with Crippen LogP contribution in [0.4, 0.5) is 5.82 Å². The number of unbranched alkanes of at least 4 members (excludes halogenated alkanes) is 7. The summed E-state index contributed by atoms with van der Waals surface area (Å²) >= 11 is 1.59. The molecule has 0 unspecified atom stereocenters. The molecule has 2 fully saturated rings. The Morgan fingerprint density at radius 1 is 0.924 bits per heavy atom. The smallest absolute Gasteiger partial charge is 0.246 e. The second kappa shape index (κ2) is 21.9. The third-order valence-corrected chi connectivity index (χ3v) is 14.2. The molecular weight excluding hydrogens is 853 g/mol. The Kier molecular flexibility index (Phi) is 16.1. The van der Waals surface area contributed by atoms with Gasteiger partial charge in [0, 0.05) is 38.0 Å². The lowest BCUT2D eigenvalue weighted by Gasteiger charge is -2.35. The molecule has 3 aromatic heterocycles. The molecule has 15 nitrogen and oxygen atoms in total. The van der Waals surface area contributed by atoms with E-state index < -0.39 is 23.6 Å². The van der Waals surface area contributed by atoms with Gasteiger partial charge in [0.2, 0.25) is 17.7 Å². The molecule has 4 atom stereocenters. The average Bonchev–Trinajstić information content (AvgIpc) is 4.01. The predicted octanol–water partition coefficient (Wildman–Crippen LogP) is 7.73. The van der Waals surface area contributed by atoms with Crippen molar-refractivity contribution in [2.75, 3.05) is 31.9 Å². The molecule has 66 heavy (non-hydrogen) atoms. The Hall–Kier alpha value is -5.45. The van der Waals surface area contributed by atoms with Gasteiger partial charge in [-0.05, 0) is 80.8 Å².